The van der Waals surface area contributed by atoms with Crippen molar-refractivity contribution in [3.63, 3.8) is 0 Å². The van der Waals surface area contributed by atoms with Crippen LogP contribution in [0.25, 0.3) is 6.08 Å². The van der Waals surface area contributed by atoms with Crippen LogP contribution in [-0.4, -0.2) is 24.5 Å². The van der Waals surface area contributed by atoms with Crippen molar-refractivity contribution in [3.8, 4) is 5.75 Å². The molecular weight excluding hydrogens is 431 g/mol. The van der Waals surface area contributed by atoms with Gasteiger partial charge in [0.05, 0.1) is 12.3 Å². The lowest BCUT2D eigenvalue weighted by Crippen LogP contribution is -2.54. The van der Waals surface area contributed by atoms with Crippen LogP contribution in [0.5, 0.6) is 5.75 Å². The molecular formula is C20H16BrFN2O4. The van der Waals surface area contributed by atoms with E-state index in [9.17, 15) is 18.8 Å². The van der Waals surface area contributed by atoms with Gasteiger partial charge in [0, 0.05) is 10.0 Å². The third-order valence-electron chi connectivity index (χ3n) is 3.93. The number of hydrogen-bond donors (Lipinski definition) is 1. The second-order valence-corrected chi connectivity index (χ2v) is 6.86. The Morgan fingerprint density at radius 2 is 1.93 bits per heavy atom. The molecule has 0 radical (unpaired) electrons. The number of hydrogen-bond acceptors (Lipinski definition) is 4. The zero-order valence-corrected chi connectivity index (χ0v) is 16.5. The Morgan fingerprint density at radius 1 is 1.18 bits per heavy atom. The van der Waals surface area contributed by atoms with Crippen molar-refractivity contribution in [2.75, 3.05) is 11.5 Å². The van der Waals surface area contributed by atoms with Crippen LogP contribution in [0.15, 0.2) is 52.5 Å². The summed E-state index contributed by atoms with van der Waals surface area (Å²) in [5.74, 6) is -2.05. The second kappa shape index (κ2) is 8.35. The van der Waals surface area contributed by atoms with Crippen LogP contribution in [0.3, 0.4) is 0 Å². The van der Waals surface area contributed by atoms with Crippen LogP contribution in [0.4, 0.5) is 14.9 Å². The van der Waals surface area contributed by atoms with E-state index < -0.39 is 23.7 Å². The van der Waals surface area contributed by atoms with Crippen molar-refractivity contribution in [2.24, 2.45) is 0 Å². The fraction of sp³-hybridized carbons (Fsp3) is 0.150. The number of para-hydroxylation sites is 1. The monoisotopic (exact) mass is 446 g/mol. The molecule has 0 unspecified atom stereocenters. The summed E-state index contributed by atoms with van der Waals surface area (Å²) < 4.78 is 20.5. The average molecular weight is 447 g/mol. The summed E-state index contributed by atoms with van der Waals surface area (Å²) >= 11 is 3.34. The molecule has 0 aromatic heterocycles. The van der Waals surface area contributed by atoms with Gasteiger partial charge in [-0.3, -0.25) is 14.9 Å². The van der Waals surface area contributed by atoms with Gasteiger partial charge in [-0.1, -0.05) is 35.0 Å². The largest absolute Gasteiger partial charge is 0.493 e. The van der Waals surface area contributed by atoms with E-state index in [0.717, 1.165) is 12.5 Å². The molecule has 0 saturated carbocycles. The second-order valence-electron chi connectivity index (χ2n) is 5.94. The van der Waals surface area contributed by atoms with Crippen molar-refractivity contribution in [1.29, 1.82) is 0 Å². The zero-order chi connectivity index (χ0) is 20.3. The van der Waals surface area contributed by atoms with Crippen molar-refractivity contribution in [3.05, 3.63) is 63.9 Å². The van der Waals surface area contributed by atoms with Gasteiger partial charge in [-0.05, 0) is 42.8 Å². The molecule has 6 nitrogen and oxygen atoms in total. The molecule has 8 heteroatoms. The summed E-state index contributed by atoms with van der Waals surface area (Å²) in [4.78, 5) is 37.9. The Bertz CT molecular complexity index is 990. The highest BCUT2D eigenvalue weighted by Crippen LogP contribution is 2.29. The van der Waals surface area contributed by atoms with E-state index in [2.05, 4.69) is 21.2 Å². The van der Waals surface area contributed by atoms with Crippen LogP contribution < -0.4 is 15.0 Å². The molecule has 1 saturated heterocycles. The molecule has 4 amide bonds. The number of anilines is 1. The fourth-order valence-corrected chi connectivity index (χ4v) is 3.02. The first-order chi connectivity index (χ1) is 13.4. The van der Waals surface area contributed by atoms with Gasteiger partial charge in [-0.15, -0.1) is 0 Å². The maximum absolute atomic E-state index is 14.1. The van der Waals surface area contributed by atoms with Crippen molar-refractivity contribution in [1.82, 2.24) is 5.32 Å². The predicted octanol–water partition coefficient (Wildman–Crippen LogP) is 4.04. The van der Waals surface area contributed by atoms with Gasteiger partial charge in [-0.2, -0.15) is 0 Å². The molecule has 1 aliphatic rings. The Balaban J connectivity index is 2.05. The van der Waals surface area contributed by atoms with Crippen LogP contribution in [0.1, 0.15) is 18.9 Å². The summed E-state index contributed by atoms with van der Waals surface area (Å²) in [6.45, 7) is 2.41. The van der Waals surface area contributed by atoms with E-state index in [1.54, 1.807) is 18.2 Å². The molecule has 28 heavy (non-hydrogen) atoms. The van der Waals surface area contributed by atoms with Crippen LogP contribution >= 0.6 is 15.9 Å². The molecule has 2 aromatic carbocycles. The van der Waals surface area contributed by atoms with Gasteiger partial charge in [0.15, 0.2) is 0 Å². The molecule has 3 rings (SSSR count). The molecule has 1 fully saturated rings. The Kier molecular flexibility index (Phi) is 5.89. The quantitative estimate of drug-likeness (QED) is 0.555. The first-order valence-corrected chi connectivity index (χ1v) is 9.30. The summed E-state index contributed by atoms with van der Waals surface area (Å²) in [5.41, 5.74) is -0.0634. The smallest absolute Gasteiger partial charge is 0.336 e. The number of benzene rings is 2. The Labute approximate surface area is 169 Å². The van der Waals surface area contributed by atoms with E-state index in [-0.39, 0.29) is 11.3 Å². The summed E-state index contributed by atoms with van der Waals surface area (Å²) in [5, 5.41) is 2.07. The predicted molar refractivity (Wildman–Crippen MR) is 105 cm³/mol. The van der Waals surface area contributed by atoms with Crippen LogP contribution in [0.2, 0.25) is 0 Å². The molecule has 1 aliphatic heterocycles. The standard InChI is InChI=1S/C20H16BrFN2O4/c1-2-9-28-17-8-7-13(21)10-12(17)11-14-18(25)23-20(27)24(19(14)26)16-6-4-3-5-15(16)22/h3-8,10-11H,2,9H2,1H3,(H,23,25,27)/b14-11-. The summed E-state index contributed by atoms with van der Waals surface area (Å²) in [6, 6.07) is 9.49. The Hall–Kier alpha value is -3.00. The van der Waals surface area contributed by atoms with E-state index in [0.29, 0.717) is 27.3 Å². The molecule has 0 bridgehead atoms. The molecule has 144 valence electrons. The topological polar surface area (TPSA) is 75.7 Å². The van der Waals surface area contributed by atoms with E-state index in [1.807, 2.05) is 6.92 Å². The number of ether oxygens (including phenoxy) is 1. The van der Waals surface area contributed by atoms with E-state index >= 15 is 0 Å². The minimum atomic E-state index is -1.01. The van der Waals surface area contributed by atoms with Gasteiger partial charge >= 0.3 is 6.03 Å². The van der Waals surface area contributed by atoms with E-state index in [4.69, 9.17) is 4.74 Å². The number of nitrogens with zero attached hydrogens (tertiary/aromatic N) is 1. The van der Waals surface area contributed by atoms with Gasteiger partial charge in [0.1, 0.15) is 17.1 Å². The lowest BCUT2D eigenvalue weighted by molar-refractivity contribution is -0.122. The van der Waals surface area contributed by atoms with Gasteiger partial charge in [0.25, 0.3) is 11.8 Å². The first kappa shape index (κ1) is 19.8. The number of urea groups is 1. The number of carbonyl (C=O) groups excluding carboxylic acids is 3. The molecule has 0 aliphatic carbocycles. The minimum absolute atomic E-state index is 0.236. The molecule has 0 spiro atoms. The third-order valence-corrected chi connectivity index (χ3v) is 4.42. The summed E-state index contributed by atoms with van der Waals surface area (Å²) in [7, 11) is 0. The molecule has 2 aromatic rings. The highest BCUT2D eigenvalue weighted by atomic mass is 79.9. The maximum Gasteiger partial charge on any atom is 0.336 e. The minimum Gasteiger partial charge on any atom is -0.493 e. The normalized spacial score (nSPS) is 15.8. The first-order valence-electron chi connectivity index (χ1n) is 8.50. The number of halogens is 2. The van der Waals surface area contributed by atoms with Crippen LogP contribution in [-0.2, 0) is 9.59 Å². The van der Waals surface area contributed by atoms with Crippen LogP contribution in [0, 0.1) is 5.82 Å². The molecule has 1 heterocycles. The highest BCUT2D eigenvalue weighted by molar-refractivity contribution is 9.10. The number of amides is 4. The number of barbiturate groups is 1. The van der Waals surface area contributed by atoms with Crippen molar-refractivity contribution in [2.45, 2.75) is 13.3 Å². The maximum atomic E-state index is 14.1. The highest BCUT2D eigenvalue weighted by Gasteiger charge is 2.38. The van der Waals surface area contributed by atoms with Crippen molar-refractivity contribution < 1.29 is 23.5 Å². The lowest BCUT2D eigenvalue weighted by Gasteiger charge is -2.26. The molecule has 1 N–H and O–H groups in total. The zero-order valence-electron chi connectivity index (χ0n) is 14.9. The number of nitrogens with one attached hydrogen (secondary N) is 1. The number of rotatable bonds is 5. The van der Waals surface area contributed by atoms with E-state index in [1.165, 1.54) is 24.3 Å². The Morgan fingerprint density at radius 3 is 2.64 bits per heavy atom. The molecule has 0 atom stereocenters. The number of carbonyl (C=O) groups is 3. The average Bonchev–Trinajstić information content (AvgIpc) is 2.66. The SMILES string of the molecule is CCCOc1ccc(Br)cc1/C=C1/C(=O)NC(=O)N(c2ccccc2F)C1=O. The van der Waals surface area contributed by atoms with Gasteiger partial charge in [0.2, 0.25) is 0 Å². The summed E-state index contributed by atoms with van der Waals surface area (Å²) in [6.07, 6.45) is 2.11. The van der Waals surface area contributed by atoms with Crippen molar-refractivity contribution >= 4 is 45.5 Å². The van der Waals surface area contributed by atoms with Gasteiger partial charge < -0.3 is 4.74 Å². The fourth-order valence-electron chi connectivity index (χ4n) is 2.64. The van der Waals surface area contributed by atoms with Gasteiger partial charge in [-0.25, -0.2) is 14.1 Å². The third kappa shape index (κ3) is 3.96. The number of imide groups is 2. The lowest BCUT2D eigenvalue weighted by atomic mass is 10.1.